The molecule has 166 valence electrons. The highest BCUT2D eigenvalue weighted by atomic mass is 16.7. The van der Waals surface area contributed by atoms with Crippen LogP contribution in [-0.4, -0.2) is 40.8 Å². The molecule has 0 spiro atoms. The second-order valence-electron chi connectivity index (χ2n) is 7.61. The number of ether oxygens (including phenoxy) is 3. The van der Waals surface area contributed by atoms with E-state index < -0.39 is 0 Å². The van der Waals surface area contributed by atoms with Gasteiger partial charge in [0, 0.05) is 29.9 Å². The Morgan fingerprint density at radius 3 is 2.69 bits per heavy atom. The Bertz CT molecular complexity index is 1200. The van der Waals surface area contributed by atoms with Crippen LogP contribution < -0.4 is 30.5 Å². The lowest BCUT2D eigenvalue weighted by atomic mass is 10.2. The molecule has 10 heteroatoms. The Morgan fingerprint density at radius 2 is 1.94 bits per heavy atom. The van der Waals surface area contributed by atoms with Crippen LogP contribution in [0.15, 0.2) is 47.3 Å². The van der Waals surface area contributed by atoms with E-state index in [1.165, 1.54) is 4.68 Å². The molecule has 1 aliphatic heterocycles. The molecule has 1 aliphatic carbocycles. The van der Waals surface area contributed by atoms with E-state index in [1.54, 1.807) is 29.9 Å². The first kappa shape index (κ1) is 20.0. The van der Waals surface area contributed by atoms with E-state index in [0.717, 1.165) is 24.2 Å². The molecule has 3 aromatic rings. The third-order valence-electron chi connectivity index (χ3n) is 5.37. The van der Waals surface area contributed by atoms with E-state index in [4.69, 9.17) is 14.2 Å². The van der Waals surface area contributed by atoms with Crippen LogP contribution in [0.1, 0.15) is 18.9 Å². The molecule has 2 heterocycles. The number of carbonyl (C=O) groups excluding carboxylic acids is 1. The average molecular weight is 437 g/mol. The van der Waals surface area contributed by atoms with Crippen LogP contribution in [0.4, 0.5) is 10.5 Å². The van der Waals surface area contributed by atoms with Gasteiger partial charge in [-0.15, -0.1) is 5.10 Å². The summed E-state index contributed by atoms with van der Waals surface area (Å²) in [5.74, 6) is 2.61. The number of hydrogen-bond acceptors (Lipinski definition) is 6. The monoisotopic (exact) mass is 437 g/mol. The molecular weight excluding hydrogens is 414 g/mol. The van der Waals surface area contributed by atoms with E-state index in [9.17, 15) is 9.59 Å². The molecule has 2 aromatic carbocycles. The molecule has 1 aromatic heterocycles. The van der Waals surface area contributed by atoms with Crippen LogP contribution in [0.3, 0.4) is 0 Å². The molecule has 2 N–H and O–H groups in total. The van der Waals surface area contributed by atoms with Gasteiger partial charge in [0.05, 0.1) is 13.7 Å². The van der Waals surface area contributed by atoms with Gasteiger partial charge in [-0.1, -0.05) is 0 Å². The third-order valence-corrected chi connectivity index (χ3v) is 5.37. The second-order valence-corrected chi connectivity index (χ2v) is 7.61. The minimum Gasteiger partial charge on any atom is -0.497 e. The Morgan fingerprint density at radius 1 is 1.16 bits per heavy atom. The summed E-state index contributed by atoms with van der Waals surface area (Å²) < 4.78 is 18.9. The van der Waals surface area contributed by atoms with Crippen LogP contribution in [0, 0.1) is 0 Å². The maximum Gasteiger partial charge on any atom is 0.346 e. The molecule has 2 amide bonds. The van der Waals surface area contributed by atoms with Gasteiger partial charge < -0.3 is 24.8 Å². The number of nitrogens with one attached hydrogen (secondary N) is 2. The standard InChI is InChI=1S/C22H23N5O5/c1-30-17-7-2-14(3-8-17)20-25-26(22(29)27(20)16-5-6-16)11-10-23-21(28)24-15-4-9-18-19(12-15)32-13-31-18/h2-4,7-9,12,16H,5-6,10-11,13H2,1H3,(H2,23,24,28). The third kappa shape index (κ3) is 3.98. The summed E-state index contributed by atoms with van der Waals surface area (Å²) in [6.45, 7) is 0.683. The van der Waals surface area contributed by atoms with Crippen molar-refractivity contribution >= 4 is 11.7 Å². The molecule has 0 unspecified atom stereocenters. The molecule has 2 aliphatic rings. The average Bonchev–Trinajstić information content (AvgIpc) is 3.44. The highest BCUT2D eigenvalue weighted by Gasteiger charge is 2.30. The number of carbonyl (C=O) groups is 1. The SMILES string of the molecule is COc1ccc(-c2nn(CCNC(=O)Nc3ccc4c(c3)OCO4)c(=O)n2C2CC2)cc1. The fourth-order valence-corrected chi connectivity index (χ4v) is 3.59. The number of nitrogens with zero attached hydrogens (tertiary/aromatic N) is 3. The van der Waals surface area contributed by atoms with Gasteiger partial charge in [0.25, 0.3) is 0 Å². The number of aromatic nitrogens is 3. The van der Waals surface area contributed by atoms with Gasteiger partial charge in [-0.2, -0.15) is 0 Å². The van der Waals surface area contributed by atoms with Crippen molar-refractivity contribution in [3.63, 3.8) is 0 Å². The summed E-state index contributed by atoms with van der Waals surface area (Å²) in [6.07, 6.45) is 1.93. The summed E-state index contributed by atoms with van der Waals surface area (Å²) in [5.41, 5.74) is 1.27. The maximum absolute atomic E-state index is 12.9. The molecule has 10 nitrogen and oxygen atoms in total. The molecule has 1 fully saturated rings. The van der Waals surface area contributed by atoms with E-state index in [-0.39, 0.29) is 37.6 Å². The van der Waals surface area contributed by atoms with Crippen molar-refractivity contribution in [3.05, 3.63) is 52.9 Å². The normalized spacial score (nSPS) is 14.3. The van der Waals surface area contributed by atoms with Crippen molar-refractivity contribution < 1.29 is 19.0 Å². The van der Waals surface area contributed by atoms with Crippen LogP contribution in [-0.2, 0) is 6.54 Å². The lowest BCUT2D eigenvalue weighted by Gasteiger charge is -2.08. The van der Waals surface area contributed by atoms with Gasteiger partial charge in [0.1, 0.15) is 5.75 Å². The summed E-state index contributed by atoms with van der Waals surface area (Å²) in [5, 5.41) is 10.0. The first-order valence-corrected chi connectivity index (χ1v) is 10.4. The highest BCUT2D eigenvalue weighted by molar-refractivity contribution is 5.89. The fourth-order valence-electron chi connectivity index (χ4n) is 3.59. The van der Waals surface area contributed by atoms with E-state index >= 15 is 0 Å². The quantitative estimate of drug-likeness (QED) is 0.588. The molecule has 32 heavy (non-hydrogen) atoms. The minimum absolute atomic E-state index is 0.170. The number of hydrogen-bond donors (Lipinski definition) is 2. The van der Waals surface area contributed by atoms with Gasteiger partial charge in [-0.25, -0.2) is 14.3 Å². The van der Waals surface area contributed by atoms with Crippen molar-refractivity contribution in [2.24, 2.45) is 0 Å². The van der Waals surface area contributed by atoms with Gasteiger partial charge in [-0.3, -0.25) is 4.57 Å². The van der Waals surface area contributed by atoms with Gasteiger partial charge in [0.15, 0.2) is 17.3 Å². The van der Waals surface area contributed by atoms with Crippen molar-refractivity contribution in [1.82, 2.24) is 19.7 Å². The predicted octanol–water partition coefficient (Wildman–Crippen LogP) is 2.61. The van der Waals surface area contributed by atoms with E-state index in [2.05, 4.69) is 15.7 Å². The van der Waals surface area contributed by atoms with Gasteiger partial charge in [0.2, 0.25) is 6.79 Å². The molecular formula is C22H23N5O5. The van der Waals surface area contributed by atoms with E-state index in [0.29, 0.717) is 23.0 Å². The van der Waals surface area contributed by atoms with Crippen LogP contribution in [0.2, 0.25) is 0 Å². The molecule has 5 rings (SSSR count). The Labute approximate surface area is 183 Å². The number of fused-ring (bicyclic) bond motifs is 1. The smallest absolute Gasteiger partial charge is 0.346 e. The summed E-state index contributed by atoms with van der Waals surface area (Å²) in [6, 6.07) is 12.4. The topological polar surface area (TPSA) is 109 Å². The second kappa shape index (κ2) is 8.29. The minimum atomic E-state index is -0.381. The number of methoxy groups -OCH3 is 1. The molecule has 0 saturated heterocycles. The Balaban J connectivity index is 1.24. The molecule has 0 atom stereocenters. The lowest BCUT2D eigenvalue weighted by molar-refractivity contribution is 0.174. The van der Waals surface area contributed by atoms with Gasteiger partial charge in [-0.05, 0) is 49.2 Å². The molecule has 0 radical (unpaired) electrons. The van der Waals surface area contributed by atoms with Crippen LogP contribution in [0.5, 0.6) is 17.2 Å². The maximum atomic E-state index is 12.9. The molecule has 0 bridgehead atoms. The van der Waals surface area contributed by atoms with Crippen LogP contribution in [0.25, 0.3) is 11.4 Å². The zero-order valence-electron chi connectivity index (χ0n) is 17.5. The zero-order valence-corrected chi connectivity index (χ0v) is 17.5. The van der Waals surface area contributed by atoms with Crippen molar-refractivity contribution in [1.29, 1.82) is 0 Å². The summed E-state index contributed by atoms with van der Waals surface area (Å²) in [4.78, 5) is 25.2. The lowest BCUT2D eigenvalue weighted by Crippen LogP contribution is -2.34. The van der Waals surface area contributed by atoms with Crippen molar-refractivity contribution in [3.8, 4) is 28.6 Å². The first-order chi connectivity index (χ1) is 15.6. The summed E-state index contributed by atoms with van der Waals surface area (Å²) >= 11 is 0. The number of anilines is 1. The summed E-state index contributed by atoms with van der Waals surface area (Å²) in [7, 11) is 1.61. The Hall–Kier alpha value is -3.95. The largest absolute Gasteiger partial charge is 0.497 e. The zero-order chi connectivity index (χ0) is 22.1. The molecule has 1 saturated carbocycles. The fraction of sp³-hybridized carbons (Fsp3) is 0.318. The predicted molar refractivity (Wildman–Crippen MR) is 116 cm³/mol. The number of amides is 2. The first-order valence-electron chi connectivity index (χ1n) is 10.4. The number of urea groups is 1. The van der Waals surface area contributed by atoms with E-state index in [1.807, 2.05) is 24.3 Å². The Kier molecular flexibility index (Phi) is 5.18. The van der Waals surface area contributed by atoms with Crippen LogP contribution >= 0.6 is 0 Å². The van der Waals surface area contributed by atoms with Gasteiger partial charge >= 0.3 is 11.7 Å². The van der Waals surface area contributed by atoms with Crippen molar-refractivity contribution in [2.75, 3.05) is 25.8 Å². The van der Waals surface area contributed by atoms with Crippen molar-refractivity contribution in [2.45, 2.75) is 25.4 Å². The highest BCUT2D eigenvalue weighted by Crippen LogP contribution is 2.37. The number of rotatable bonds is 7. The number of benzene rings is 2.